The summed E-state index contributed by atoms with van der Waals surface area (Å²) in [7, 11) is 1.92. The summed E-state index contributed by atoms with van der Waals surface area (Å²) in [5.74, 6) is 0.726. The van der Waals surface area contributed by atoms with E-state index < -0.39 is 0 Å². The minimum absolute atomic E-state index is 0.0406. The molecule has 1 aromatic carbocycles. The molecule has 0 radical (unpaired) electrons. The molecule has 34 heavy (non-hydrogen) atoms. The van der Waals surface area contributed by atoms with E-state index >= 15 is 0 Å². The molecule has 1 atom stereocenters. The highest BCUT2D eigenvalue weighted by atomic mass is 32.2. The summed E-state index contributed by atoms with van der Waals surface area (Å²) in [6.45, 7) is 7.59. The third kappa shape index (κ3) is 4.03. The molecule has 0 unspecified atom stereocenters. The average Bonchev–Trinajstić information content (AvgIpc) is 3.52. The fourth-order valence-corrected chi connectivity index (χ4v) is 5.49. The van der Waals surface area contributed by atoms with Crippen molar-refractivity contribution in [1.29, 1.82) is 0 Å². The normalized spacial score (nSPS) is 19.5. The van der Waals surface area contributed by atoms with E-state index in [4.69, 9.17) is 4.74 Å². The molecule has 0 spiro atoms. The smallest absolute Gasteiger partial charge is 0.295 e. The number of nitrogens with zero attached hydrogens (tertiary/aromatic N) is 5. The topological polar surface area (TPSA) is 77.8 Å². The van der Waals surface area contributed by atoms with Gasteiger partial charge in [0.1, 0.15) is 5.69 Å². The number of aryl methyl sites for hydroxylation is 1. The van der Waals surface area contributed by atoms with Crippen LogP contribution in [-0.4, -0.2) is 49.8 Å². The number of aromatic nitrogens is 3. The summed E-state index contributed by atoms with van der Waals surface area (Å²) in [6, 6.07) is 11.8. The van der Waals surface area contributed by atoms with Gasteiger partial charge in [0.05, 0.1) is 29.7 Å². The summed E-state index contributed by atoms with van der Waals surface area (Å²) >= 11 is 1.65. The summed E-state index contributed by atoms with van der Waals surface area (Å²) < 4.78 is 11.3. The van der Waals surface area contributed by atoms with Gasteiger partial charge in [0, 0.05) is 36.4 Å². The van der Waals surface area contributed by atoms with Gasteiger partial charge in [0.15, 0.2) is 5.17 Å². The molecular formula is C25H30N6O2S. The Morgan fingerprint density at radius 3 is 2.68 bits per heavy atom. The van der Waals surface area contributed by atoms with Gasteiger partial charge in [-0.25, -0.2) is 4.68 Å². The Hall–Kier alpha value is -3.04. The van der Waals surface area contributed by atoms with Crippen molar-refractivity contribution in [1.82, 2.24) is 19.4 Å². The highest BCUT2D eigenvalue weighted by Crippen LogP contribution is 2.25. The maximum Gasteiger partial charge on any atom is 0.295 e. The van der Waals surface area contributed by atoms with Crippen LogP contribution in [0.3, 0.4) is 0 Å². The van der Waals surface area contributed by atoms with Crippen LogP contribution in [0.2, 0.25) is 0 Å². The first-order chi connectivity index (χ1) is 16.5. The van der Waals surface area contributed by atoms with E-state index in [1.54, 1.807) is 16.4 Å². The summed E-state index contributed by atoms with van der Waals surface area (Å²) in [6.07, 6.45) is 2.42. The number of thioether (sulfide) groups is 1. The van der Waals surface area contributed by atoms with Crippen LogP contribution < -0.4 is 11.0 Å². The lowest BCUT2D eigenvalue weighted by atomic mass is 10.1. The maximum atomic E-state index is 13.6. The van der Waals surface area contributed by atoms with Gasteiger partial charge in [-0.05, 0) is 51.8 Å². The predicted molar refractivity (Wildman–Crippen MR) is 138 cm³/mol. The van der Waals surface area contributed by atoms with Crippen LogP contribution in [0, 0.1) is 20.8 Å². The number of rotatable bonds is 5. The van der Waals surface area contributed by atoms with Crippen LogP contribution in [-0.2, 0) is 11.8 Å². The second-order valence-electron chi connectivity index (χ2n) is 8.77. The zero-order chi connectivity index (χ0) is 23.8. The fourth-order valence-electron chi connectivity index (χ4n) is 4.72. The number of amidine groups is 1. The Morgan fingerprint density at radius 1 is 1.21 bits per heavy atom. The van der Waals surface area contributed by atoms with Crippen molar-refractivity contribution < 1.29 is 4.74 Å². The van der Waals surface area contributed by atoms with Crippen molar-refractivity contribution in [3.8, 4) is 11.4 Å². The number of ether oxygens (including phenoxy) is 1. The highest BCUT2D eigenvalue weighted by Gasteiger charge is 2.24. The SMILES string of the molecule is Cc1cc(C2=NNC(=NC[C@H]3CCCO3)SC2)c(C)n1-c1c(C)n(C)n(-c2ccccc2)c1=O. The van der Waals surface area contributed by atoms with Gasteiger partial charge >= 0.3 is 0 Å². The first-order valence-electron chi connectivity index (χ1n) is 11.6. The zero-order valence-corrected chi connectivity index (χ0v) is 20.9. The maximum absolute atomic E-state index is 13.6. The second kappa shape index (κ2) is 9.31. The predicted octanol–water partition coefficient (Wildman–Crippen LogP) is 3.47. The average molecular weight is 479 g/mol. The quantitative estimate of drug-likeness (QED) is 0.609. The molecule has 0 amide bonds. The summed E-state index contributed by atoms with van der Waals surface area (Å²) in [5.41, 5.74) is 9.50. The Bertz CT molecular complexity index is 1330. The number of hydrogen-bond donors (Lipinski definition) is 1. The van der Waals surface area contributed by atoms with Gasteiger partial charge < -0.3 is 9.30 Å². The molecule has 1 saturated heterocycles. The van der Waals surface area contributed by atoms with Crippen LogP contribution in [0.4, 0.5) is 0 Å². The molecule has 4 heterocycles. The van der Waals surface area contributed by atoms with Crippen molar-refractivity contribution in [2.45, 2.75) is 39.7 Å². The van der Waals surface area contributed by atoms with Crippen molar-refractivity contribution in [3.05, 3.63) is 69.4 Å². The monoisotopic (exact) mass is 478 g/mol. The number of aliphatic imine (C=N–C) groups is 1. The van der Waals surface area contributed by atoms with E-state index in [1.165, 1.54) is 0 Å². The van der Waals surface area contributed by atoms with Crippen molar-refractivity contribution in [2.24, 2.45) is 17.1 Å². The molecular weight excluding hydrogens is 448 g/mol. The van der Waals surface area contributed by atoms with Gasteiger partial charge in [-0.15, -0.1) is 0 Å². The molecule has 5 rings (SSSR count). The fraction of sp³-hybridized carbons (Fsp3) is 0.400. The van der Waals surface area contributed by atoms with E-state index in [2.05, 4.69) is 33.1 Å². The molecule has 3 aromatic rings. The largest absolute Gasteiger partial charge is 0.376 e. The van der Waals surface area contributed by atoms with Crippen LogP contribution >= 0.6 is 11.8 Å². The standard InChI is InChI=1S/C25H30N6O2S/c1-16-13-21(22-15-34-25(28-27-22)26-14-20-11-8-12-33-20)17(2)30(16)23-18(3)29(4)31(24(23)32)19-9-6-5-7-10-19/h5-7,9-10,13,20H,8,11-12,14-15H2,1-4H3,(H,26,28)/t20-/m1/s1. The van der Waals surface area contributed by atoms with Crippen LogP contribution in [0.25, 0.3) is 11.4 Å². The number of benzene rings is 1. The number of nitrogens with one attached hydrogen (secondary N) is 1. The zero-order valence-electron chi connectivity index (χ0n) is 20.0. The first kappa shape index (κ1) is 22.7. The minimum atomic E-state index is -0.0406. The van der Waals surface area contributed by atoms with E-state index in [0.29, 0.717) is 12.2 Å². The molecule has 0 saturated carbocycles. The lowest BCUT2D eigenvalue weighted by Gasteiger charge is -2.16. The molecule has 8 nitrogen and oxygen atoms in total. The molecule has 2 aromatic heterocycles. The number of para-hydroxylation sites is 1. The molecule has 0 bridgehead atoms. The van der Waals surface area contributed by atoms with Crippen molar-refractivity contribution >= 4 is 22.6 Å². The first-order valence-corrected chi connectivity index (χ1v) is 12.6. The highest BCUT2D eigenvalue weighted by molar-refractivity contribution is 8.14. The van der Waals surface area contributed by atoms with Crippen LogP contribution in [0.15, 0.2) is 51.3 Å². The number of hydrazone groups is 1. The molecule has 1 N–H and O–H groups in total. The second-order valence-corrected chi connectivity index (χ2v) is 9.73. The summed E-state index contributed by atoms with van der Waals surface area (Å²) in [5, 5.41) is 5.45. The van der Waals surface area contributed by atoms with E-state index in [-0.39, 0.29) is 11.7 Å². The van der Waals surface area contributed by atoms with Gasteiger partial charge in [-0.3, -0.25) is 19.9 Å². The molecule has 2 aliphatic heterocycles. The third-order valence-electron chi connectivity index (χ3n) is 6.58. The lowest BCUT2D eigenvalue weighted by molar-refractivity contribution is 0.118. The molecule has 0 aliphatic carbocycles. The lowest BCUT2D eigenvalue weighted by Crippen LogP contribution is -2.27. The van der Waals surface area contributed by atoms with E-state index in [1.807, 2.05) is 55.9 Å². The van der Waals surface area contributed by atoms with Crippen molar-refractivity contribution in [3.63, 3.8) is 0 Å². The van der Waals surface area contributed by atoms with Crippen LogP contribution in [0.5, 0.6) is 0 Å². The van der Waals surface area contributed by atoms with Gasteiger partial charge in [-0.1, -0.05) is 30.0 Å². The van der Waals surface area contributed by atoms with E-state index in [9.17, 15) is 4.79 Å². The van der Waals surface area contributed by atoms with Gasteiger partial charge in [0.2, 0.25) is 0 Å². The third-order valence-corrected chi connectivity index (χ3v) is 7.50. The Balaban J connectivity index is 1.46. The Labute approximate surface area is 203 Å². The Morgan fingerprint density at radius 2 is 2.00 bits per heavy atom. The van der Waals surface area contributed by atoms with E-state index in [0.717, 1.165) is 64.4 Å². The molecule has 178 valence electrons. The van der Waals surface area contributed by atoms with Crippen LogP contribution in [0.1, 0.15) is 35.5 Å². The van der Waals surface area contributed by atoms with Crippen molar-refractivity contribution in [2.75, 3.05) is 18.9 Å². The Kier molecular flexibility index (Phi) is 6.22. The molecule has 9 heteroatoms. The molecule has 1 fully saturated rings. The summed E-state index contributed by atoms with van der Waals surface area (Å²) in [4.78, 5) is 18.2. The minimum Gasteiger partial charge on any atom is -0.376 e. The molecule has 2 aliphatic rings. The van der Waals surface area contributed by atoms with Gasteiger partial charge in [-0.2, -0.15) is 5.10 Å². The number of hydrogen-bond acceptors (Lipinski definition) is 5. The van der Waals surface area contributed by atoms with Gasteiger partial charge in [0.25, 0.3) is 5.56 Å².